The Morgan fingerprint density at radius 3 is 2.48 bits per heavy atom. The zero-order valence-corrected chi connectivity index (χ0v) is 18.2. The normalized spacial score (nSPS) is 10.5. The zero-order valence-electron chi connectivity index (χ0n) is 16.7. The summed E-state index contributed by atoms with van der Waals surface area (Å²) in [7, 11) is 1.33. The first-order valence-corrected chi connectivity index (χ1v) is 9.88. The van der Waals surface area contributed by atoms with Crippen LogP contribution in [-0.2, 0) is 16.0 Å². The number of aromatic nitrogens is 1. The summed E-state index contributed by atoms with van der Waals surface area (Å²) in [6.45, 7) is 1.35. The highest BCUT2D eigenvalue weighted by molar-refractivity contribution is 6.36. The summed E-state index contributed by atoms with van der Waals surface area (Å²) in [4.78, 5) is 30.3. The Bertz CT molecular complexity index is 1120. The first-order valence-electron chi connectivity index (χ1n) is 9.13. The molecule has 0 unspecified atom stereocenters. The molecule has 0 saturated heterocycles. The number of anilines is 3. The molecule has 1 N–H and O–H groups in total. The van der Waals surface area contributed by atoms with Gasteiger partial charge in [-0.3, -0.25) is 14.5 Å². The van der Waals surface area contributed by atoms with Gasteiger partial charge in [0.1, 0.15) is 5.82 Å². The van der Waals surface area contributed by atoms with Gasteiger partial charge in [-0.15, -0.1) is 0 Å². The molecule has 0 fully saturated rings. The van der Waals surface area contributed by atoms with Crippen molar-refractivity contribution in [1.82, 2.24) is 4.98 Å². The molecule has 3 aromatic rings. The molecular weight excluding hydrogens is 444 g/mol. The van der Waals surface area contributed by atoms with E-state index < -0.39 is 5.82 Å². The van der Waals surface area contributed by atoms with Gasteiger partial charge in [0.15, 0.2) is 11.6 Å². The minimum atomic E-state index is -0.554. The van der Waals surface area contributed by atoms with Gasteiger partial charge in [0.2, 0.25) is 11.8 Å². The number of nitrogens with zero attached hydrogens (tertiary/aromatic N) is 2. The van der Waals surface area contributed by atoms with E-state index >= 15 is 0 Å². The number of rotatable bonds is 6. The van der Waals surface area contributed by atoms with Crippen molar-refractivity contribution < 1.29 is 18.7 Å². The van der Waals surface area contributed by atoms with E-state index in [2.05, 4.69) is 10.3 Å². The molecule has 0 aliphatic heterocycles. The molecule has 9 heteroatoms. The van der Waals surface area contributed by atoms with Gasteiger partial charge in [0.25, 0.3) is 0 Å². The lowest BCUT2D eigenvalue weighted by atomic mass is 10.1. The highest BCUT2D eigenvalue weighted by Crippen LogP contribution is 2.30. The third-order valence-corrected chi connectivity index (χ3v) is 5.07. The van der Waals surface area contributed by atoms with Crippen molar-refractivity contribution in [3.8, 4) is 5.75 Å². The maximum atomic E-state index is 13.8. The molecule has 0 saturated carbocycles. The summed E-state index contributed by atoms with van der Waals surface area (Å²) >= 11 is 12.3. The molecule has 0 aliphatic rings. The lowest BCUT2D eigenvalue weighted by Crippen LogP contribution is -2.24. The molecule has 31 heavy (non-hydrogen) atoms. The maximum absolute atomic E-state index is 13.8. The molecule has 3 rings (SSSR count). The van der Waals surface area contributed by atoms with Crippen LogP contribution < -0.4 is 15.0 Å². The number of benzene rings is 2. The number of hydrogen-bond donors (Lipinski definition) is 1. The lowest BCUT2D eigenvalue weighted by Gasteiger charge is -2.21. The molecule has 160 valence electrons. The quantitative estimate of drug-likeness (QED) is 0.533. The Balaban J connectivity index is 1.85. The smallest absolute Gasteiger partial charge is 0.229 e. The van der Waals surface area contributed by atoms with Crippen molar-refractivity contribution in [2.75, 3.05) is 17.3 Å². The Hall–Kier alpha value is -3.16. The van der Waals surface area contributed by atoms with Crippen molar-refractivity contribution in [2.45, 2.75) is 13.3 Å². The van der Waals surface area contributed by atoms with Gasteiger partial charge in [-0.2, -0.15) is 0 Å². The molecule has 0 bridgehead atoms. The van der Waals surface area contributed by atoms with Gasteiger partial charge in [0.05, 0.1) is 19.2 Å². The first kappa shape index (κ1) is 22.5. The van der Waals surface area contributed by atoms with Crippen molar-refractivity contribution in [2.24, 2.45) is 0 Å². The van der Waals surface area contributed by atoms with Crippen LogP contribution in [0.4, 0.5) is 21.6 Å². The van der Waals surface area contributed by atoms with Crippen LogP contribution in [0.3, 0.4) is 0 Å². The van der Waals surface area contributed by atoms with Crippen molar-refractivity contribution in [3.63, 3.8) is 0 Å². The monoisotopic (exact) mass is 461 g/mol. The number of nitrogens with one attached hydrogen (secondary N) is 1. The molecule has 1 heterocycles. The van der Waals surface area contributed by atoms with E-state index in [0.717, 1.165) is 0 Å². The van der Waals surface area contributed by atoms with Crippen LogP contribution in [-0.4, -0.2) is 23.9 Å². The number of hydrogen-bond acceptors (Lipinski definition) is 4. The number of carbonyl (C=O) groups excluding carboxylic acids is 2. The van der Waals surface area contributed by atoms with E-state index in [1.54, 1.807) is 24.3 Å². The largest absolute Gasteiger partial charge is 0.494 e. The standard InChI is InChI=1S/C22H18Cl2FN3O3/c1-13(29)28(15-6-7-19(25)20(11-15)31-2)21-10-14(8-9-26-21)27-22(30)12-16-17(23)4-3-5-18(16)24/h3-11H,12H2,1-2H3,(H,26,27,30). The molecule has 0 radical (unpaired) electrons. The molecular formula is C22H18Cl2FN3O3. The number of halogens is 3. The molecule has 2 aromatic carbocycles. The number of pyridine rings is 1. The highest BCUT2D eigenvalue weighted by Gasteiger charge is 2.19. The Morgan fingerprint density at radius 1 is 1.13 bits per heavy atom. The summed E-state index contributed by atoms with van der Waals surface area (Å²) in [6, 6.07) is 12.1. The number of ether oxygens (including phenoxy) is 1. The van der Waals surface area contributed by atoms with E-state index in [1.807, 2.05) is 0 Å². The Morgan fingerprint density at radius 2 is 1.84 bits per heavy atom. The van der Waals surface area contributed by atoms with Crippen LogP contribution in [0.15, 0.2) is 54.7 Å². The lowest BCUT2D eigenvalue weighted by molar-refractivity contribution is -0.116. The fourth-order valence-electron chi connectivity index (χ4n) is 2.95. The molecule has 0 atom stereocenters. The van der Waals surface area contributed by atoms with Gasteiger partial charge < -0.3 is 10.1 Å². The van der Waals surface area contributed by atoms with E-state index in [9.17, 15) is 14.0 Å². The summed E-state index contributed by atoms with van der Waals surface area (Å²) in [5, 5.41) is 3.53. The van der Waals surface area contributed by atoms with Crippen LogP contribution in [0.25, 0.3) is 0 Å². The molecule has 6 nitrogen and oxygen atoms in total. The fraction of sp³-hybridized carbons (Fsp3) is 0.136. The van der Waals surface area contributed by atoms with Crippen molar-refractivity contribution in [3.05, 3.63) is 76.2 Å². The van der Waals surface area contributed by atoms with Crippen LogP contribution in [0.2, 0.25) is 10.0 Å². The Labute approximate surface area is 188 Å². The fourth-order valence-corrected chi connectivity index (χ4v) is 3.48. The van der Waals surface area contributed by atoms with E-state index in [0.29, 0.717) is 27.0 Å². The van der Waals surface area contributed by atoms with E-state index in [4.69, 9.17) is 27.9 Å². The minimum absolute atomic E-state index is 0.00942. The van der Waals surface area contributed by atoms with E-state index in [1.165, 1.54) is 49.4 Å². The van der Waals surface area contributed by atoms with Gasteiger partial charge in [-0.05, 0) is 35.9 Å². The third kappa shape index (κ3) is 5.31. The van der Waals surface area contributed by atoms with Crippen LogP contribution >= 0.6 is 23.2 Å². The van der Waals surface area contributed by atoms with Gasteiger partial charge in [-0.1, -0.05) is 29.3 Å². The number of methoxy groups -OCH3 is 1. The average molecular weight is 462 g/mol. The highest BCUT2D eigenvalue weighted by atomic mass is 35.5. The SMILES string of the molecule is COc1cc(N(C(C)=O)c2cc(NC(=O)Cc3c(Cl)cccc3Cl)ccn2)ccc1F. The summed E-state index contributed by atoms with van der Waals surface area (Å²) < 4.78 is 18.8. The van der Waals surface area contributed by atoms with Crippen LogP contribution in [0.5, 0.6) is 5.75 Å². The average Bonchev–Trinajstić information content (AvgIpc) is 2.72. The second-order valence-electron chi connectivity index (χ2n) is 6.50. The maximum Gasteiger partial charge on any atom is 0.229 e. The summed E-state index contributed by atoms with van der Waals surface area (Å²) in [6.07, 6.45) is 1.42. The zero-order chi connectivity index (χ0) is 22.5. The predicted octanol–water partition coefficient (Wildman–Crippen LogP) is 5.40. The van der Waals surface area contributed by atoms with Crippen LogP contribution in [0, 0.1) is 5.82 Å². The third-order valence-electron chi connectivity index (χ3n) is 4.37. The first-order chi connectivity index (χ1) is 14.8. The number of carbonyl (C=O) groups is 2. The summed E-state index contributed by atoms with van der Waals surface area (Å²) in [5.74, 6) is -1.01. The number of amides is 2. The molecule has 2 amide bonds. The molecule has 1 aromatic heterocycles. The van der Waals surface area contributed by atoms with Crippen molar-refractivity contribution in [1.29, 1.82) is 0 Å². The second-order valence-corrected chi connectivity index (χ2v) is 7.32. The predicted molar refractivity (Wildman–Crippen MR) is 119 cm³/mol. The van der Waals surface area contributed by atoms with Gasteiger partial charge in [-0.25, -0.2) is 9.37 Å². The van der Waals surface area contributed by atoms with Crippen LogP contribution in [0.1, 0.15) is 12.5 Å². The van der Waals surface area contributed by atoms with E-state index in [-0.39, 0.29) is 29.8 Å². The van der Waals surface area contributed by atoms with Crippen molar-refractivity contribution >= 4 is 52.2 Å². The Kier molecular flexibility index (Phi) is 7.09. The topological polar surface area (TPSA) is 71.5 Å². The molecule has 0 spiro atoms. The molecule has 0 aliphatic carbocycles. The minimum Gasteiger partial charge on any atom is -0.494 e. The second kappa shape index (κ2) is 9.76. The van der Waals surface area contributed by atoms with Gasteiger partial charge >= 0.3 is 0 Å². The van der Waals surface area contributed by atoms with Gasteiger partial charge in [0, 0.05) is 41.0 Å². The summed E-state index contributed by atoms with van der Waals surface area (Å²) in [5.41, 5.74) is 1.30.